The van der Waals surface area contributed by atoms with Crippen LogP contribution in [-0.2, 0) is 6.42 Å². The molecule has 0 unspecified atom stereocenters. The average Bonchev–Trinajstić information content (AvgIpc) is 2.59. The summed E-state index contributed by atoms with van der Waals surface area (Å²) in [5.41, 5.74) is 6.59. The van der Waals surface area contributed by atoms with E-state index < -0.39 is 6.10 Å². The van der Waals surface area contributed by atoms with E-state index in [-0.39, 0.29) is 42.4 Å². The minimum atomic E-state index is -0.607. The Balaban J connectivity index is 0.00000169. The van der Waals surface area contributed by atoms with Gasteiger partial charge in [0.2, 0.25) is 5.95 Å². The third-order valence-corrected chi connectivity index (χ3v) is 4.11. The zero-order chi connectivity index (χ0) is 17.1. The second-order valence-electron chi connectivity index (χ2n) is 5.76. The average molecular weight is 404 g/mol. The van der Waals surface area contributed by atoms with Crippen molar-refractivity contribution in [2.24, 2.45) is 0 Å². The van der Waals surface area contributed by atoms with E-state index in [1.165, 1.54) is 0 Å². The van der Waals surface area contributed by atoms with Gasteiger partial charge in [0.15, 0.2) is 5.82 Å². The van der Waals surface area contributed by atoms with Crippen molar-refractivity contribution in [2.45, 2.75) is 25.0 Å². The fourth-order valence-electron chi connectivity index (χ4n) is 2.74. The number of aliphatic hydroxyl groups is 1. The van der Waals surface area contributed by atoms with Gasteiger partial charge in [0.1, 0.15) is 11.4 Å². The molecule has 2 atom stereocenters. The first-order valence-corrected chi connectivity index (χ1v) is 7.78. The van der Waals surface area contributed by atoms with Crippen molar-refractivity contribution in [3.8, 4) is 5.75 Å². The number of anilines is 3. The molecule has 10 heteroatoms. The number of aryl methyl sites for hydroxylation is 1. The number of hydrogen-bond acceptors (Lipinski definition) is 7. The van der Waals surface area contributed by atoms with Crippen LogP contribution in [0.5, 0.6) is 5.75 Å². The smallest absolute Gasteiger partial charge is 0.277 e. The summed E-state index contributed by atoms with van der Waals surface area (Å²) in [5.74, 6) is 1.28. The van der Waals surface area contributed by atoms with Gasteiger partial charge in [0.05, 0.1) is 19.3 Å². The van der Waals surface area contributed by atoms with Crippen LogP contribution in [0.1, 0.15) is 12.0 Å². The number of benzene rings is 1. The van der Waals surface area contributed by atoms with Crippen molar-refractivity contribution in [3.63, 3.8) is 0 Å². The highest BCUT2D eigenvalue weighted by atomic mass is 35.5. The molecule has 0 saturated heterocycles. The number of nitrogens with one attached hydrogen (secondary N) is 3. The first-order valence-electron chi connectivity index (χ1n) is 7.78. The van der Waals surface area contributed by atoms with Crippen molar-refractivity contribution in [1.29, 1.82) is 0 Å². The third kappa shape index (κ3) is 4.94. The molecule has 6 N–H and O–H groups in total. The SMILES string of the molecule is COc1ccc(CC[C@@H](O)[C@H]2CNc3nc(N)[nH]c(=O)c3N2)cc1.Cl.Cl. The van der Waals surface area contributed by atoms with Gasteiger partial charge >= 0.3 is 0 Å². The van der Waals surface area contributed by atoms with Crippen LogP contribution in [0.4, 0.5) is 17.5 Å². The molecule has 0 saturated carbocycles. The monoisotopic (exact) mass is 403 g/mol. The Kier molecular flexibility index (Phi) is 8.01. The predicted octanol–water partition coefficient (Wildman–Crippen LogP) is 1.40. The summed E-state index contributed by atoms with van der Waals surface area (Å²) in [7, 11) is 1.63. The molecule has 0 spiro atoms. The van der Waals surface area contributed by atoms with Gasteiger partial charge in [-0.2, -0.15) is 4.98 Å². The number of fused-ring (bicyclic) bond motifs is 1. The Labute approximate surface area is 163 Å². The molecular weight excluding hydrogens is 381 g/mol. The first-order chi connectivity index (χ1) is 11.6. The van der Waals surface area contributed by atoms with Crippen molar-refractivity contribution in [1.82, 2.24) is 9.97 Å². The Morgan fingerprint density at radius 2 is 2.04 bits per heavy atom. The molecule has 2 heterocycles. The summed E-state index contributed by atoms with van der Waals surface area (Å²) in [4.78, 5) is 18.4. The van der Waals surface area contributed by atoms with Crippen LogP contribution in [0.3, 0.4) is 0 Å². The fraction of sp³-hybridized carbons (Fsp3) is 0.375. The van der Waals surface area contributed by atoms with Crippen molar-refractivity contribution >= 4 is 42.3 Å². The summed E-state index contributed by atoms with van der Waals surface area (Å²) in [6.07, 6.45) is 0.693. The molecule has 0 radical (unpaired) electrons. The number of methoxy groups -OCH3 is 1. The molecule has 2 aromatic rings. The molecule has 1 aliphatic heterocycles. The number of H-pyrrole nitrogens is 1. The van der Waals surface area contributed by atoms with Crippen molar-refractivity contribution in [2.75, 3.05) is 30.0 Å². The molecule has 26 heavy (non-hydrogen) atoms. The number of hydrogen-bond donors (Lipinski definition) is 5. The summed E-state index contributed by atoms with van der Waals surface area (Å²) >= 11 is 0. The van der Waals surface area contributed by atoms with E-state index in [0.717, 1.165) is 17.7 Å². The normalized spacial score (nSPS) is 16.0. The van der Waals surface area contributed by atoms with Crippen LogP contribution in [0.2, 0.25) is 0 Å². The molecule has 1 aromatic heterocycles. The van der Waals surface area contributed by atoms with Crippen LogP contribution in [0.15, 0.2) is 29.1 Å². The Morgan fingerprint density at radius 3 is 2.69 bits per heavy atom. The van der Waals surface area contributed by atoms with Gasteiger partial charge in [-0.25, -0.2) is 0 Å². The summed E-state index contributed by atoms with van der Waals surface area (Å²) in [5, 5.41) is 16.5. The Hall–Kier alpha value is -2.16. The number of ether oxygens (including phenoxy) is 1. The number of halogens is 2. The maximum atomic E-state index is 11.9. The number of aliphatic hydroxyl groups excluding tert-OH is 1. The number of rotatable bonds is 5. The Morgan fingerprint density at radius 1 is 1.35 bits per heavy atom. The lowest BCUT2D eigenvalue weighted by Crippen LogP contribution is -2.45. The zero-order valence-corrected chi connectivity index (χ0v) is 15.8. The first kappa shape index (κ1) is 21.9. The van der Waals surface area contributed by atoms with Crippen molar-refractivity contribution < 1.29 is 9.84 Å². The molecule has 0 fully saturated rings. The summed E-state index contributed by atoms with van der Waals surface area (Å²) in [6.45, 7) is 0.465. The number of nitrogen functional groups attached to an aromatic ring is 1. The number of aromatic amines is 1. The van der Waals surface area contributed by atoms with Crippen molar-refractivity contribution in [3.05, 3.63) is 40.2 Å². The highest BCUT2D eigenvalue weighted by Crippen LogP contribution is 2.22. The van der Waals surface area contributed by atoms with Crippen LogP contribution in [0.25, 0.3) is 0 Å². The molecule has 0 aliphatic carbocycles. The van der Waals surface area contributed by atoms with Gasteiger partial charge in [-0.15, -0.1) is 24.8 Å². The quantitative estimate of drug-likeness (QED) is 0.510. The fourth-order valence-corrected chi connectivity index (χ4v) is 2.74. The van der Waals surface area contributed by atoms with E-state index in [9.17, 15) is 9.90 Å². The standard InChI is InChI=1S/C16H21N5O3.2ClH/c1-24-10-5-2-9(3-6-10)4-7-12(22)11-8-18-14-13(19-11)15(23)21-16(17)20-14;;/h2-3,5-6,11-12,19,22H,4,7-8H2,1H3,(H4,17,18,20,21,23);2*1H/t11-,12-;;/m1../s1. The van der Waals surface area contributed by atoms with Crippen LogP contribution in [-0.4, -0.2) is 40.9 Å². The van der Waals surface area contributed by atoms with E-state index in [2.05, 4.69) is 20.6 Å². The molecule has 1 aromatic carbocycles. The number of nitrogens with zero attached hydrogens (tertiary/aromatic N) is 1. The second kappa shape index (κ2) is 9.51. The molecule has 1 aliphatic rings. The van der Waals surface area contributed by atoms with Gasteiger partial charge in [-0.05, 0) is 30.5 Å². The van der Waals surface area contributed by atoms with Gasteiger partial charge < -0.3 is 26.2 Å². The molecule has 8 nitrogen and oxygen atoms in total. The topological polar surface area (TPSA) is 125 Å². The van der Waals surface area contributed by atoms with Crippen LogP contribution >= 0.6 is 24.8 Å². The number of nitrogens with two attached hydrogens (primary N) is 1. The molecular formula is C16H23Cl2N5O3. The maximum Gasteiger partial charge on any atom is 0.277 e. The summed E-state index contributed by atoms with van der Waals surface area (Å²) < 4.78 is 5.13. The van der Waals surface area contributed by atoms with Gasteiger partial charge in [0.25, 0.3) is 5.56 Å². The van der Waals surface area contributed by atoms with E-state index in [1.54, 1.807) is 7.11 Å². The highest BCUT2D eigenvalue weighted by Gasteiger charge is 2.26. The summed E-state index contributed by atoms with van der Waals surface area (Å²) in [6, 6.07) is 7.47. The zero-order valence-electron chi connectivity index (χ0n) is 14.2. The minimum Gasteiger partial charge on any atom is -0.497 e. The van der Waals surface area contributed by atoms with E-state index in [0.29, 0.717) is 24.5 Å². The lowest BCUT2D eigenvalue weighted by molar-refractivity contribution is 0.145. The lowest BCUT2D eigenvalue weighted by Gasteiger charge is -2.30. The highest BCUT2D eigenvalue weighted by molar-refractivity contribution is 5.85. The van der Waals surface area contributed by atoms with Gasteiger partial charge in [-0.3, -0.25) is 9.78 Å². The predicted molar refractivity (Wildman–Crippen MR) is 107 cm³/mol. The Bertz CT molecular complexity index is 769. The lowest BCUT2D eigenvalue weighted by atomic mass is 10.0. The second-order valence-corrected chi connectivity index (χ2v) is 5.76. The number of aromatic nitrogens is 2. The minimum absolute atomic E-state index is 0. The van der Waals surface area contributed by atoms with E-state index >= 15 is 0 Å². The molecule has 0 bridgehead atoms. The molecule has 144 valence electrons. The van der Waals surface area contributed by atoms with E-state index in [1.807, 2.05) is 24.3 Å². The van der Waals surface area contributed by atoms with Crippen LogP contribution < -0.4 is 26.7 Å². The molecule has 3 rings (SSSR count). The largest absolute Gasteiger partial charge is 0.497 e. The maximum absolute atomic E-state index is 11.9. The van der Waals surface area contributed by atoms with Gasteiger partial charge in [0, 0.05) is 6.54 Å². The van der Waals surface area contributed by atoms with E-state index in [4.69, 9.17) is 10.5 Å². The molecule has 0 amide bonds. The third-order valence-electron chi connectivity index (χ3n) is 4.11. The van der Waals surface area contributed by atoms with Gasteiger partial charge in [-0.1, -0.05) is 12.1 Å². The van der Waals surface area contributed by atoms with Crippen LogP contribution in [0, 0.1) is 0 Å².